The van der Waals surface area contributed by atoms with Crippen molar-refractivity contribution in [3.63, 3.8) is 0 Å². The fraction of sp³-hybridized carbons (Fsp3) is 0.500. The average Bonchev–Trinajstić information content (AvgIpc) is 2.39. The summed E-state index contributed by atoms with van der Waals surface area (Å²) in [6.07, 6.45) is -3.50. The van der Waals surface area contributed by atoms with Crippen molar-refractivity contribution >= 4 is 0 Å². The van der Waals surface area contributed by atoms with E-state index in [0.717, 1.165) is 5.56 Å². The number of hydrogen-bond donors (Lipinski definition) is 3. The van der Waals surface area contributed by atoms with Gasteiger partial charge in [0.15, 0.2) is 6.29 Å². The summed E-state index contributed by atoms with van der Waals surface area (Å²) in [7, 11) is 0. The molecule has 1 aliphatic rings. The van der Waals surface area contributed by atoms with Crippen molar-refractivity contribution in [3.05, 3.63) is 35.9 Å². The van der Waals surface area contributed by atoms with Crippen LogP contribution < -0.4 is 0 Å². The molecular weight excluding hydrogens is 224 g/mol. The summed E-state index contributed by atoms with van der Waals surface area (Å²) in [6, 6.07) is 9.26. The maximum atomic E-state index is 9.61. The lowest BCUT2D eigenvalue weighted by Crippen LogP contribution is -2.48. The van der Waals surface area contributed by atoms with Crippen molar-refractivity contribution in [2.24, 2.45) is 0 Å². The maximum Gasteiger partial charge on any atom is 0.184 e. The number of ether oxygens (including phenoxy) is 2. The molecule has 0 bridgehead atoms. The standard InChI is InChI=1S/C12H16O5/c13-6-9(14)11-10(15)7-16-12(17-11)8-4-2-1-3-5-8/h1-5,9-15H,6-7H2/t9-,10-,11-,12+/m1/s1. The largest absolute Gasteiger partial charge is 0.394 e. The van der Waals surface area contributed by atoms with E-state index in [9.17, 15) is 10.2 Å². The lowest BCUT2D eigenvalue weighted by atomic mass is 10.1. The first-order valence-electron chi connectivity index (χ1n) is 5.51. The molecule has 1 saturated heterocycles. The highest BCUT2D eigenvalue weighted by atomic mass is 16.7. The van der Waals surface area contributed by atoms with Crippen molar-refractivity contribution in [2.75, 3.05) is 13.2 Å². The molecule has 1 fully saturated rings. The van der Waals surface area contributed by atoms with Gasteiger partial charge in [0.2, 0.25) is 0 Å². The molecule has 5 heteroatoms. The minimum absolute atomic E-state index is 0.0707. The number of benzene rings is 1. The van der Waals surface area contributed by atoms with Crippen molar-refractivity contribution in [3.8, 4) is 0 Å². The molecule has 0 amide bonds. The topological polar surface area (TPSA) is 79.2 Å². The molecule has 4 atom stereocenters. The second-order valence-corrected chi connectivity index (χ2v) is 3.99. The van der Waals surface area contributed by atoms with Gasteiger partial charge in [-0.2, -0.15) is 0 Å². The molecule has 0 aromatic heterocycles. The molecule has 3 N–H and O–H groups in total. The van der Waals surface area contributed by atoms with Gasteiger partial charge in [-0.15, -0.1) is 0 Å². The van der Waals surface area contributed by atoms with Gasteiger partial charge < -0.3 is 24.8 Å². The summed E-state index contributed by atoms with van der Waals surface area (Å²) in [5.41, 5.74) is 0.814. The van der Waals surface area contributed by atoms with E-state index in [4.69, 9.17) is 14.6 Å². The number of aliphatic hydroxyl groups excluding tert-OH is 3. The molecule has 5 nitrogen and oxygen atoms in total. The quantitative estimate of drug-likeness (QED) is 0.682. The molecule has 0 saturated carbocycles. The van der Waals surface area contributed by atoms with Gasteiger partial charge in [-0.1, -0.05) is 30.3 Å². The number of aliphatic hydroxyl groups is 3. The Balaban J connectivity index is 2.08. The smallest absolute Gasteiger partial charge is 0.184 e. The van der Waals surface area contributed by atoms with Gasteiger partial charge in [0.25, 0.3) is 0 Å². The van der Waals surface area contributed by atoms with Crippen LogP contribution in [0.15, 0.2) is 30.3 Å². The van der Waals surface area contributed by atoms with E-state index in [1.54, 1.807) is 0 Å². The highest BCUT2D eigenvalue weighted by molar-refractivity contribution is 5.16. The van der Waals surface area contributed by atoms with Crippen molar-refractivity contribution in [2.45, 2.75) is 24.6 Å². The second kappa shape index (κ2) is 5.57. The van der Waals surface area contributed by atoms with E-state index in [-0.39, 0.29) is 6.61 Å². The zero-order valence-electron chi connectivity index (χ0n) is 9.27. The van der Waals surface area contributed by atoms with Crippen LogP contribution in [0.4, 0.5) is 0 Å². The Bertz CT molecular complexity index is 338. The van der Waals surface area contributed by atoms with E-state index >= 15 is 0 Å². The predicted octanol–water partition coefficient (Wildman–Crippen LogP) is -0.185. The molecule has 0 aliphatic carbocycles. The van der Waals surface area contributed by atoms with Crippen LogP contribution in [0, 0.1) is 0 Å². The van der Waals surface area contributed by atoms with Gasteiger partial charge in [0.05, 0.1) is 13.2 Å². The van der Waals surface area contributed by atoms with Gasteiger partial charge in [-0.25, -0.2) is 0 Å². The lowest BCUT2D eigenvalue weighted by Gasteiger charge is -2.36. The zero-order chi connectivity index (χ0) is 12.3. The molecule has 0 radical (unpaired) electrons. The summed E-state index contributed by atoms with van der Waals surface area (Å²) in [6.45, 7) is -0.384. The fourth-order valence-electron chi connectivity index (χ4n) is 1.79. The van der Waals surface area contributed by atoms with E-state index in [2.05, 4.69) is 0 Å². The minimum Gasteiger partial charge on any atom is -0.394 e. The number of rotatable bonds is 3. The Morgan fingerprint density at radius 2 is 2.00 bits per heavy atom. The third-order valence-electron chi connectivity index (χ3n) is 2.72. The first kappa shape index (κ1) is 12.5. The van der Waals surface area contributed by atoms with E-state index < -0.39 is 31.2 Å². The molecule has 1 aromatic carbocycles. The Hall–Kier alpha value is -0.980. The third-order valence-corrected chi connectivity index (χ3v) is 2.72. The normalized spacial score (nSPS) is 31.1. The van der Waals surface area contributed by atoms with Crippen LogP contribution in [0.2, 0.25) is 0 Å². The van der Waals surface area contributed by atoms with E-state index in [1.165, 1.54) is 0 Å². The van der Waals surface area contributed by atoms with Gasteiger partial charge >= 0.3 is 0 Å². The minimum atomic E-state index is -1.11. The SMILES string of the molecule is OC[C@@H](O)[C@H]1O[C@@H](c2ccccc2)OC[C@H]1O. The van der Waals surface area contributed by atoms with Crippen LogP contribution in [-0.4, -0.2) is 46.8 Å². The molecule has 2 rings (SSSR count). The summed E-state index contributed by atoms with van der Waals surface area (Å²) < 4.78 is 10.8. The summed E-state index contributed by atoms with van der Waals surface area (Å²) in [5.74, 6) is 0. The van der Waals surface area contributed by atoms with Crippen LogP contribution >= 0.6 is 0 Å². The van der Waals surface area contributed by atoms with Gasteiger partial charge in [0, 0.05) is 5.56 Å². The summed E-state index contributed by atoms with van der Waals surface area (Å²) >= 11 is 0. The monoisotopic (exact) mass is 240 g/mol. The van der Waals surface area contributed by atoms with Gasteiger partial charge in [0.1, 0.15) is 18.3 Å². The predicted molar refractivity (Wildman–Crippen MR) is 59.1 cm³/mol. The van der Waals surface area contributed by atoms with Crippen LogP contribution in [0.3, 0.4) is 0 Å². The molecule has 94 valence electrons. The fourth-order valence-corrected chi connectivity index (χ4v) is 1.79. The lowest BCUT2D eigenvalue weighted by molar-refractivity contribution is -0.277. The Labute approximate surface area is 99.2 Å². The summed E-state index contributed by atoms with van der Waals surface area (Å²) in [4.78, 5) is 0. The third kappa shape index (κ3) is 2.83. The van der Waals surface area contributed by atoms with Gasteiger partial charge in [-0.05, 0) is 0 Å². The second-order valence-electron chi connectivity index (χ2n) is 3.99. The molecule has 1 aliphatic heterocycles. The van der Waals surface area contributed by atoms with Crippen molar-refractivity contribution in [1.82, 2.24) is 0 Å². The molecular formula is C12H16O5. The molecule has 0 spiro atoms. The summed E-state index contributed by atoms with van der Waals surface area (Å²) in [5, 5.41) is 28.0. The highest BCUT2D eigenvalue weighted by Crippen LogP contribution is 2.27. The Morgan fingerprint density at radius 1 is 1.29 bits per heavy atom. The van der Waals surface area contributed by atoms with E-state index in [0.29, 0.717) is 0 Å². The van der Waals surface area contributed by atoms with Crippen LogP contribution in [0.5, 0.6) is 0 Å². The maximum absolute atomic E-state index is 9.61. The molecule has 1 aromatic rings. The molecule has 17 heavy (non-hydrogen) atoms. The van der Waals surface area contributed by atoms with Crippen LogP contribution in [0.1, 0.15) is 11.9 Å². The molecule has 0 unspecified atom stereocenters. The number of hydrogen-bond acceptors (Lipinski definition) is 5. The average molecular weight is 240 g/mol. The van der Waals surface area contributed by atoms with Crippen molar-refractivity contribution in [1.29, 1.82) is 0 Å². The zero-order valence-corrected chi connectivity index (χ0v) is 9.27. The first-order valence-corrected chi connectivity index (χ1v) is 5.51. The van der Waals surface area contributed by atoms with Crippen LogP contribution in [0.25, 0.3) is 0 Å². The van der Waals surface area contributed by atoms with E-state index in [1.807, 2.05) is 30.3 Å². The van der Waals surface area contributed by atoms with Crippen LogP contribution in [-0.2, 0) is 9.47 Å². The van der Waals surface area contributed by atoms with Crippen molar-refractivity contribution < 1.29 is 24.8 Å². The molecule has 1 heterocycles. The highest BCUT2D eigenvalue weighted by Gasteiger charge is 2.35. The van der Waals surface area contributed by atoms with Gasteiger partial charge in [-0.3, -0.25) is 0 Å². The Morgan fingerprint density at radius 3 is 2.65 bits per heavy atom. The Kier molecular flexibility index (Phi) is 4.09. The first-order chi connectivity index (χ1) is 8.22.